The fourth-order valence-corrected chi connectivity index (χ4v) is 7.23. The smallest absolute Gasteiger partial charge is 0.0402 e. The van der Waals surface area contributed by atoms with Gasteiger partial charge in [0.05, 0.1) is 0 Å². The van der Waals surface area contributed by atoms with Gasteiger partial charge < -0.3 is 0 Å². The van der Waals surface area contributed by atoms with Crippen LogP contribution in [-0.2, 0) is 0 Å². The van der Waals surface area contributed by atoms with Crippen molar-refractivity contribution < 1.29 is 0 Å². The molecule has 0 N–H and O–H groups in total. The third-order valence-electron chi connectivity index (χ3n) is 5.51. The molecule has 0 nitrogen and oxygen atoms in total. The van der Waals surface area contributed by atoms with Gasteiger partial charge in [0.1, 0.15) is 0 Å². The van der Waals surface area contributed by atoms with Gasteiger partial charge in [0.15, 0.2) is 0 Å². The molecule has 0 radical (unpaired) electrons. The van der Waals surface area contributed by atoms with E-state index in [0.29, 0.717) is 0 Å². The lowest BCUT2D eigenvalue weighted by Crippen LogP contribution is -1.86. The molecule has 0 aliphatic carbocycles. The van der Waals surface area contributed by atoms with Crippen LogP contribution in [-0.4, -0.2) is 18.8 Å². The molecule has 0 spiro atoms. The second-order valence-electron chi connectivity index (χ2n) is 8.64. The molecule has 4 aromatic carbocycles. The van der Waals surface area contributed by atoms with Gasteiger partial charge in [0, 0.05) is 50.4 Å². The highest BCUT2D eigenvalue weighted by Gasteiger charge is 2.12. The average molecular weight is 520 g/mol. The Morgan fingerprint density at radius 2 is 1.29 bits per heavy atom. The molecule has 2 heterocycles. The van der Waals surface area contributed by atoms with E-state index in [2.05, 4.69) is 107 Å². The van der Waals surface area contributed by atoms with Gasteiger partial charge in [-0.1, -0.05) is 24.1 Å². The molecule has 0 bridgehead atoms. The van der Waals surface area contributed by atoms with Crippen LogP contribution in [0.25, 0.3) is 51.1 Å². The molecular weight excluding hydrogens is 500 g/mol. The first-order valence-corrected chi connectivity index (χ1v) is 15.3. The van der Waals surface area contributed by atoms with E-state index in [9.17, 15) is 0 Å². The Morgan fingerprint density at radius 1 is 0.677 bits per heavy atom. The zero-order valence-electron chi connectivity index (χ0n) is 17.4. The lowest BCUT2D eigenvalue weighted by Gasteiger charge is -2.15. The summed E-state index contributed by atoms with van der Waals surface area (Å²) in [6.07, 6.45) is 6.68. The predicted molar refractivity (Wildman–Crippen MR) is 150 cm³/mol. The van der Waals surface area contributed by atoms with Gasteiger partial charge in [0.25, 0.3) is 0 Å². The topological polar surface area (TPSA) is 0 Å². The first kappa shape index (κ1) is 19.6. The summed E-state index contributed by atoms with van der Waals surface area (Å²) < 4.78 is 6.50. The lowest BCUT2D eigenvalue weighted by molar-refractivity contribution is 1.66. The summed E-state index contributed by atoms with van der Waals surface area (Å²) in [6, 6.07) is 22.6. The van der Waals surface area contributed by atoms with E-state index < -0.39 is 10.0 Å². The van der Waals surface area contributed by atoms with Crippen molar-refractivity contribution in [3.05, 3.63) is 70.7 Å². The van der Waals surface area contributed by atoms with Gasteiger partial charge in [-0.2, -0.15) is 10.0 Å². The van der Waals surface area contributed by atoms with Crippen LogP contribution in [0.5, 0.6) is 0 Å². The molecule has 0 aliphatic rings. The second-order valence-corrected chi connectivity index (χ2v) is 15.5. The van der Waals surface area contributed by atoms with Crippen LogP contribution in [0.2, 0.25) is 0 Å². The van der Waals surface area contributed by atoms with E-state index >= 15 is 0 Å². The summed E-state index contributed by atoms with van der Waals surface area (Å²) in [5.74, 6) is 3.40. The van der Waals surface area contributed by atoms with Crippen LogP contribution in [0, 0.1) is 11.2 Å². The maximum absolute atomic E-state index is 3.75. The first-order chi connectivity index (χ1) is 14.9. The van der Waals surface area contributed by atoms with Crippen LogP contribution in [0.4, 0.5) is 0 Å². The molecule has 6 rings (SSSR count). The SMILES string of the molecule is CS(C)(C)C#Cc1cc2cc3sc4cc5c(cc4c3cc2cc1Br)sc1ccccc15. The molecule has 31 heavy (non-hydrogen) atoms. The Balaban J connectivity index is 1.61. The lowest BCUT2D eigenvalue weighted by atomic mass is 10.0. The highest BCUT2D eigenvalue weighted by Crippen LogP contribution is 2.43. The van der Waals surface area contributed by atoms with Crippen molar-refractivity contribution in [2.24, 2.45) is 0 Å². The van der Waals surface area contributed by atoms with Crippen LogP contribution in [0.15, 0.2) is 65.1 Å². The average Bonchev–Trinajstić information content (AvgIpc) is 3.25. The van der Waals surface area contributed by atoms with Crippen LogP contribution >= 0.6 is 48.6 Å². The van der Waals surface area contributed by atoms with Gasteiger partial charge in [-0.15, -0.1) is 22.7 Å². The van der Waals surface area contributed by atoms with E-state index in [1.54, 1.807) is 0 Å². The monoisotopic (exact) mass is 518 g/mol. The number of thiophene rings is 2. The zero-order valence-corrected chi connectivity index (χ0v) is 21.4. The summed E-state index contributed by atoms with van der Waals surface area (Å²) in [5.41, 5.74) is 1.07. The van der Waals surface area contributed by atoms with E-state index in [4.69, 9.17) is 0 Å². The Kier molecular flexibility index (Phi) is 4.43. The van der Waals surface area contributed by atoms with Gasteiger partial charge in [0.2, 0.25) is 0 Å². The molecular formula is C27H19BrS3. The van der Waals surface area contributed by atoms with E-state index in [-0.39, 0.29) is 0 Å². The Hall–Kier alpha value is -2.03. The zero-order chi connectivity index (χ0) is 21.3. The third kappa shape index (κ3) is 3.36. The molecule has 152 valence electrons. The molecule has 2 aromatic heterocycles. The summed E-state index contributed by atoms with van der Waals surface area (Å²) in [5, 5.41) is 11.4. The van der Waals surface area contributed by atoms with Crippen LogP contribution in [0.3, 0.4) is 0 Å². The van der Waals surface area contributed by atoms with E-state index in [1.165, 1.54) is 51.1 Å². The van der Waals surface area contributed by atoms with Crippen molar-refractivity contribution in [1.29, 1.82) is 0 Å². The highest BCUT2D eigenvalue weighted by atomic mass is 79.9. The van der Waals surface area contributed by atoms with Crippen molar-refractivity contribution in [3.8, 4) is 11.2 Å². The minimum Gasteiger partial charge on any atom is -0.186 e. The van der Waals surface area contributed by atoms with Crippen molar-refractivity contribution in [2.75, 3.05) is 18.8 Å². The van der Waals surface area contributed by atoms with Crippen molar-refractivity contribution in [1.82, 2.24) is 0 Å². The summed E-state index contributed by atoms with van der Waals surface area (Å²) in [6.45, 7) is 0. The fourth-order valence-electron chi connectivity index (χ4n) is 4.06. The highest BCUT2D eigenvalue weighted by molar-refractivity contribution is 9.10. The second kappa shape index (κ2) is 6.98. The summed E-state index contributed by atoms with van der Waals surface area (Å²) in [4.78, 5) is 0. The number of halogens is 1. The Morgan fingerprint density at radius 3 is 2.06 bits per heavy atom. The number of benzene rings is 4. The molecule has 0 atom stereocenters. The summed E-state index contributed by atoms with van der Waals surface area (Å²) in [7, 11) is -0.853. The fraction of sp³-hybridized carbons (Fsp3) is 0.111. The maximum atomic E-state index is 3.75. The van der Waals surface area contributed by atoms with Gasteiger partial charge in [-0.3, -0.25) is 0 Å². The third-order valence-corrected chi connectivity index (χ3v) is 9.12. The van der Waals surface area contributed by atoms with Gasteiger partial charge in [-0.05, 0) is 93.2 Å². The predicted octanol–water partition coefficient (Wildman–Crippen LogP) is 9.34. The molecule has 0 amide bonds. The standard InChI is InChI=1S/C27H19BrS3/c1-31(2,3)9-8-16-10-17-13-25-20(11-18(17)12-23(16)28)22-15-26-21(14-27(22)30-25)19-6-4-5-7-24(19)29-26/h4-7,10-15H,1-3H3. The first-order valence-electron chi connectivity index (χ1n) is 9.98. The van der Waals surface area contributed by atoms with Crippen molar-refractivity contribution >= 4 is 99.7 Å². The number of hydrogen-bond donors (Lipinski definition) is 0. The number of hydrogen-bond acceptors (Lipinski definition) is 2. The van der Waals surface area contributed by atoms with Gasteiger partial charge in [-0.25, -0.2) is 0 Å². The van der Waals surface area contributed by atoms with Crippen LogP contribution in [0.1, 0.15) is 5.56 Å². The number of rotatable bonds is 0. The quantitative estimate of drug-likeness (QED) is 0.175. The maximum Gasteiger partial charge on any atom is 0.0402 e. The van der Waals surface area contributed by atoms with Gasteiger partial charge >= 0.3 is 0 Å². The van der Waals surface area contributed by atoms with Crippen molar-refractivity contribution in [3.63, 3.8) is 0 Å². The molecule has 0 saturated heterocycles. The minimum atomic E-state index is -0.853. The molecule has 6 aromatic rings. The molecule has 0 saturated carbocycles. The Labute approximate surface area is 199 Å². The normalized spacial score (nSPS) is 12.8. The molecule has 0 unspecified atom stereocenters. The minimum absolute atomic E-state index is 0.853. The molecule has 0 aliphatic heterocycles. The van der Waals surface area contributed by atoms with E-state index in [1.807, 2.05) is 22.7 Å². The molecule has 4 heteroatoms. The molecule has 0 fully saturated rings. The largest absolute Gasteiger partial charge is 0.186 e. The summed E-state index contributed by atoms with van der Waals surface area (Å²) >= 11 is 7.53. The van der Waals surface area contributed by atoms with Crippen molar-refractivity contribution in [2.45, 2.75) is 0 Å². The van der Waals surface area contributed by atoms with Crippen LogP contribution < -0.4 is 0 Å². The number of fused-ring (bicyclic) bond motifs is 7. The Bertz CT molecular complexity index is 1730. The van der Waals surface area contributed by atoms with E-state index in [0.717, 1.165) is 10.0 Å².